The van der Waals surface area contributed by atoms with Crippen LogP contribution in [0.2, 0.25) is 0 Å². The van der Waals surface area contributed by atoms with E-state index in [0.29, 0.717) is 85.3 Å². The molecule has 0 aromatic heterocycles. The van der Waals surface area contributed by atoms with Crippen LogP contribution in [0.15, 0.2) is 33.2 Å². The molecule has 0 atom stereocenters. The van der Waals surface area contributed by atoms with Gasteiger partial charge in [-0.2, -0.15) is 0 Å². The highest BCUT2D eigenvalue weighted by Crippen LogP contribution is 2.49. The van der Waals surface area contributed by atoms with Crippen LogP contribution in [0.25, 0.3) is 0 Å². The van der Waals surface area contributed by atoms with Crippen molar-refractivity contribution in [2.24, 2.45) is 10.8 Å². The molecule has 0 bridgehead atoms. The average Bonchev–Trinajstić information content (AvgIpc) is 4.17. The van der Waals surface area contributed by atoms with Crippen LogP contribution < -0.4 is 14.8 Å². The minimum Gasteiger partial charge on any atom is -0.491 e. The molecule has 1 N–H and O–H groups in total. The Balaban J connectivity index is 0.000000238. The van der Waals surface area contributed by atoms with E-state index in [-0.39, 0.29) is 60.1 Å². The molecule has 65 heavy (non-hydrogen) atoms. The van der Waals surface area contributed by atoms with Crippen LogP contribution in [0.5, 0.6) is 11.5 Å². The first-order valence-electron chi connectivity index (χ1n) is 22.0. The maximum atomic E-state index is 14.2. The number of rotatable bonds is 13. The summed E-state index contributed by atoms with van der Waals surface area (Å²) in [7, 11) is 0. The van der Waals surface area contributed by atoms with E-state index in [1.54, 1.807) is 23.6 Å². The smallest absolute Gasteiger partial charge is 0.410 e. The van der Waals surface area contributed by atoms with Gasteiger partial charge in [-0.3, -0.25) is 19.3 Å². The molecule has 2 saturated carbocycles. The molecule has 2 amide bonds. The maximum absolute atomic E-state index is 14.2. The fourth-order valence-corrected chi connectivity index (χ4v) is 7.80. The van der Waals surface area contributed by atoms with Gasteiger partial charge in [0.25, 0.3) is 0 Å². The Morgan fingerprint density at radius 2 is 1.11 bits per heavy atom. The summed E-state index contributed by atoms with van der Waals surface area (Å²) in [6.07, 6.45) is 2.85. The fourth-order valence-electron chi connectivity index (χ4n) is 6.65. The number of hydrogen-bond acceptors (Lipinski definition) is 13. The zero-order chi connectivity index (χ0) is 48.2. The van der Waals surface area contributed by atoms with E-state index >= 15 is 0 Å². The van der Waals surface area contributed by atoms with E-state index in [1.165, 1.54) is 18.2 Å². The zero-order valence-corrected chi connectivity index (χ0v) is 41.9. The lowest BCUT2D eigenvalue weighted by Gasteiger charge is -2.35. The summed E-state index contributed by atoms with van der Waals surface area (Å²) < 4.78 is 60.7. The third kappa shape index (κ3) is 16.6. The van der Waals surface area contributed by atoms with Crippen molar-refractivity contribution in [1.82, 2.24) is 20.0 Å². The van der Waals surface area contributed by atoms with Crippen molar-refractivity contribution < 1.29 is 61.2 Å². The van der Waals surface area contributed by atoms with Crippen molar-refractivity contribution >= 4 is 62.3 Å². The van der Waals surface area contributed by atoms with Gasteiger partial charge in [-0.1, -0.05) is 0 Å². The number of nitrogens with one attached hydrogen (secondary N) is 1. The van der Waals surface area contributed by atoms with Crippen LogP contribution in [-0.2, 0) is 35.1 Å². The second-order valence-corrected chi connectivity index (χ2v) is 20.0. The molecule has 2 aliphatic heterocycles. The number of nitrogens with zero attached hydrogens (tertiary/aromatic N) is 3. The van der Waals surface area contributed by atoms with Crippen molar-refractivity contribution in [3.63, 3.8) is 0 Å². The topological polar surface area (TPSA) is 162 Å². The molecule has 2 heterocycles. The van der Waals surface area contributed by atoms with Crippen molar-refractivity contribution in [1.29, 1.82) is 0 Å². The van der Waals surface area contributed by atoms with Gasteiger partial charge in [0.1, 0.15) is 58.4 Å². The Kier molecular flexibility index (Phi) is 19.4. The first kappa shape index (κ1) is 53.5. The second kappa shape index (κ2) is 23.6. The number of esters is 2. The number of carbonyl (C=O) groups excluding carboxylic acids is 5. The van der Waals surface area contributed by atoms with Gasteiger partial charge in [-0.15, -0.1) is 0 Å². The van der Waals surface area contributed by atoms with Crippen LogP contribution in [0.3, 0.4) is 0 Å². The molecule has 15 nitrogen and oxygen atoms in total. The molecule has 2 aromatic rings. The van der Waals surface area contributed by atoms with Crippen LogP contribution in [0, 0.1) is 22.5 Å². The summed E-state index contributed by atoms with van der Waals surface area (Å²) in [6, 6.07) is 5.14. The SMILES string of the molecule is CC(C)(C)OC(=O)N1CCNCC1.CCOC(=O)C1(COc2c(Br)cc(F)cc2C=O)CC1.CCOC(=O)C1(COc2c(Br)cc(F)cc2CN2CCN(C(=O)OC(C)(C)C)CC2)CC1. The number of ether oxygens (including phenoxy) is 6. The molecule has 2 aromatic carbocycles. The number of hydrogen-bond donors (Lipinski definition) is 1. The number of aldehydes is 1. The predicted octanol–water partition coefficient (Wildman–Crippen LogP) is 8.31. The quantitative estimate of drug-likeness (QED) is 0.116. The normalized spacial score (nSPS) is 17.5. The Hall–Kier alpha value is -4.07. The van der Waals surface area contributed by atoms with E-state index in [0.717, 1.165) is 45.1 Å². The Labute approximate surface area is 397 Å². The van der Waals surface area contributed by atoms with Gasteiger partial charge >= 0.3 is 24.1 Å². The van der Waals surface area contributed by atoms with Crippen molar-refractivity contribution in [3.05, 3.63) is 56.0 Å². The molecular weight excluding hydrogens is 982 g/mol. The van der Waals surface area contributed by atoms with Gasteiger partial charge in [-0.25, -0.2) is 18.4 Å². The lowest BCUT2D eigenvalue weighted by atomic mass is 10.1. The monoisotopic (exact) mass is 1040 g/mol. The van der Waals surface area contributed by atoms with E-state index in [4.69, 9.17) is 28.4 Å². The summed E-state index contributed by atoms with van der Waals surface area (Å²) in [6.45, 7) is 21.7. The first-order chi connectivity index (χ1) is 30.5. The van der Waals surface area contributed by atoms with Crippen molar-refractivity contribution in [3.8, 4) is 11.5 Å². The number of benzene rings is 2. The van der Waals surface area contributed by atoms with Gasteiger partial charge in [0.05, 0.1) is 27.7 Å². The van der Waals surface area contributed by atoms with E-state index < -0.39 is 22.2 Å². The molecule has 362 valence electrons. The molecule has 6 rings (SSSR count). The van der Waals surface area contributed by atoms with Crippen molar-refractivity contribution in [2.45, 2.75) is 98.8 Å². The number of piperazine rings is 2. The molecule has 4 fully saturated rings. The third-order valence-corrected chi connectivity index (χ3v) is 11.7. The largest absolute Gasteiger partial charge is 0.491 e. The molecule has 0 radical (unpaired) electrons. The minimum atomic E-state index is -0.621. The summed E-state index contributed by atoms with van der Waals surface area (Å²) in [5.74, 6) is -0.631. The summed E-state index contributed by atoms with van der Waals surface area (Å²) in [5, 5.41) is 3.18. The third-order valence-electron chi connectivity index (χ3n) is 10.5. The van der Waals surface area contributed by atoms with Gasteiger partial charge in [0.15, 0.2) is 6.29 Å². The molecule has 19 heteroatoms. The lowest BCUT2D eigenvalue weighted by Crippen LogP contribution is -2.49. The zero-order valence-electron chi connectivity index (χ0n) is 38.8. The fraction of sp³-hybridized carbons (Fsp3) is 0.630. The molecular formula is C46H64Br2F2N4O11. The summed E-state index contributed by atoms with van der Waals surface area (Å²) in [4.78, 5) is 64.3. The summed E-state index contributed by atoms with van der Waals surface area (Å²) >= 11 is 6.56. The Morgan fingerprint density at radius 1 is 0.677 bits per heavy atom. The van der Waals surface area contributed by atoms with E-state index in [9.17, 15) is 32.8 Å². The standard InChI is InChI=1S/C23H32BrFN2O5.C14H14BrFO4.C9H18N2O2/c1-5-30-20(28)23(6-7-23)15-31-19-16(12-17(25)13-18(19)24)14-26-8-10-27(11-9-26)21(29)32-22(2,3)4;1-2-19-13(18)14(3-4-14)8-20-12-9(7-17)5-10(16)6-11(12)15;1-9(2,3)13-8(12)11-6-4-10-5-7-11/h12-13H,5-11,14-15H2,1-4H3;5-7H,2-4,8H2,1H3;10H,4-7H2,1-3H3. The molecule has 4 aliphatic rings. The highest BCUT2D eigenvalue weighted by atomic mass is 79.9. The highest BCUT2D eigenvalue weighted by Gasteiger charge is 2.53. The van der Waals surface area contributed by atoms with Gasteiger partial charge in [-0.05, 0) is 137 Å². The molecule has 0 spiro atoms. The number of amides is 2. The maximum Gasteiger partial charge on any atom is 0.410 e. The number of carbonyl (C=O) groups is 5. The van der Waals surface area contributed by atoms with Gasteiger partial charge < -0.3 is 43.5 Å². The molecule has 0 unspecified atom stereocenters. The first-order valence-corrected chi connectivity index (χ1v) is 23.5. The Morgan fingerprint density at radius 3 is 1.54 bits per heavy atom. The summed E-state index contributed by atoms with van der Waals surface area (Å²) in [5.41, 5.74) is -1.33. The van der Waals surface area contributed by atoms with Crippen LogP contribution in [0.1, 0.15) is 97.0 Å². The van der Waals surface area contributed by atoms with Crippen LogP contribution in [0.4, 0.5) is 18.4 Å². The second-order valence-electron chi connectivity index (χ2n) is 18.3. The van der Waals surface area contributed by atoms with Crippen LogP contribution in [-0.4, -0.2) is 135 Å². The molecule has 2 saturated heterocycles. The predicted molar refractivity (Wildman–Crippen MR) is 245 cm³/mol. The Bertz CT molecular complexity index is 1970. The van der Waals surface area contributed by atoms with Gasteiger partial charge in [0.2, 0.25) is 0 Å². The van der Waals surface area contributed by atoms with Crippen LogP contribution >= 0.6 is 31.9 Å². The van der Waals surface area contributed by atoms with Gasteiger partial charge in [0, 0.05) is 64.5 Å². The lowest BCUT2D eigenvalue weighted by molar-refractivity contribution is -0.151. The highest BCUT2D eigenvalue weighted by molar-refractivity contribution is 9.11. The average molecular weight is 1050 g/mol. The minimum absolute atomic E-state index is 0.108. The van der Waals surface area contributed by atoms with Crippen molar-refractivity contribution in [2.75, 3.05) is 78.8 Å². The van der Waals surface area contributed by atoms with E-state index in [1.807, 2.05) is 41.5 Å². The van der Waals surface area contributed by atoms with E-state index in [2.05, 4.69) is 42.1 Å². The number of halogens is 4. The molecule has 2 aliphatic carbocycles.